The van der Waals surface area contributed by atoms with E-state index in [4.69, 9.17) is 5.26 Å². The van der Waals surface area contributed by atoms with Crippen molar-refractivity contribution in [2.24, 2.45) is 0 Å². The Morgan fingerprint density at radius 2 is 1.73 bits per heavy atom. The highest BCUT2D eigenvalue weighted by molar-refractivity contribution is 5.96. The summed E-state index contributed by atoms with van der Waals surface area (Å²) in [4.78, 5) is 47.0. The molecule has 3 aliphatic heterocycles. The summed E-state index contributed by atoms with van der Waals surface area (Å²) in [5, 5.41) is 14.5. The number of nitrogens with zero attached hydrogens (tertiary/aromatic N) is 5. The molecule has 0 aliphatic carbocycles. The molecule has 1 atom stereocenters. The number of benzene rings is 2. The van der Waals surface area contributed by atoms with Crippen molar-refractivity contribution in [1.82, 2.24) is 24.9 Å². The number of nitriles is 1. The zero-order chi connectivity index (χ0) is 25.9. The van der Waals surface area contributed by atoms with Crippen LogP contribution in [0.15, 0.2) is 66.5 Å². The lowest BCUT2D eigenvalue weighted by atomic mass is 10.0. The molecule has 0 bridgehead atoms. The number of amides is 4. The highest BCUT2D eigenvalue weighted by Crippen LogP contribution is 2.29. The summed E-state index contributed by atoms with van der Waals surface area (Å²) in [5.74, 6) is -0.130. The van der Waals surface area contributed by atoms with Gasteiger partial charge in [0, 0.05) is 38.1 Å². The molecule has 0 saturated carbocycles. The van der Waals surface area contributed by atoms with Gasteiger partial charge in [0.2, 0.25) is 5.91 Å². The van der Waals surface area contributed by atoms with Crippen LogP contribution in [0, 0.1) is 11.3 Å². The molecule has 10 nitrogen and oxygen atoms in total. The number of anilines is 1. The SMILES string of the molecule is CN1C=C2C(=O)N(C3CCN(C(=O)C(NC(=O)Nc4ccc(C#N)cc4)c4ccccc4)CC3)CN2C1. The second-order valence-electron chi connectivity index (χ2n) is 9.56. The van der Waals surface area contributed by atoms with Gasteiger partial charge in [-0.15, -0.1) is 0 Å². The monoisotopic (exact) mass is 499 g/mol. The third-order valence-corrected chi connectivity index (χ3v) is 7.02. The molecule has 3 aliphatic rings. The molecule has 0 aromatic heterocycles. The minimum atomic E-state index is -0.851. The average molecular weight is 500 g/mol. The number of rotatable bonds is 5. The largest absolute Gasteiger partial charge is 0.361 e. The summed E-state index contributed by atoms with van der Waals surface area (Å²) in [6, 6.07) is 16.4. The number of nitrogens with one attached hydrogen (secondary N) is 2. The molecular weight excluding hydrogens is 470 g/mol. The minimum absolute atomic E-state index is 0.0532. The summed E-state index contributed by atoms with van der Waals surface area (Å²) in [6.07, 6.45) is 3.26. The quantitative estimate of drug-likeness (QED) is 0.653. The molecule has 2 aromatic rings. The lowest BCUT2D eigenvalue weighted by molar-refractivity contribution is -0.135. The fourth-order valence-corrected chi connectivity index (χ4v) is 5.10. The van der Waals surface area contributed by atoms with E-state index in [1.807, 2.05) is 59.4 Å². The molecule has 3 heterocycles. The summed E-state index contributed by atoms with van der Waals surface area (Å²) in [6.45, 7) is 2.31. The number of piperidine rings is 1. The Morgan fingerprint density at radius 1 is 1.03 bits per heavy atom. The standard InChI is InChI=1S/C27H29N7O3/c1-31-16-23-25(35)34(18-33(23)17-31)22-11-13-32(14-12-22)26(36)24(20-5-3-2-4-6-20)30-27(37)29-21-9-7-19(15-28)8-10-21/h2-10,16,22,24H,11-14,17-18H2,1H3,(H2,29,30,37). The maximum absolute atomic E-state index is 13.6. The Balaban J connectivity index is 1.23. The first-order valence-corrected chi connectivity index (χ1v) is 12.3. The molecule has 1 unspecified atom stereocenters. The fraction of sp³-hybridized carbons (Fsp3) is 0.333. The van der Waals surface area contributed by atoms with E-state index in [9.17, 15) is 14.4 Å². The fourth-order valence-electron chi connectivity index (χ4n) is 5.10. The Kier molecular flexibility index (Phi) is 6.68. The molecule has 37 heavy (non-hydrogen) atoms. The molecule has 2 N–H and O–H groups in total. The van der Waals surface area contributed by atoms with Crippen LogP contribution in [0.3, 0.4) is 0 Å². The third kappa shape index (κ3) is 5.07. The van der Waals surface area contributed by atoms with Crippen molar-refractivity contribution < 1.29 is 14.4 Å². The highest BCUT2D eigenvalue weighted by atomic mass is 16.2. The van der Waals surface area contributed by atoms with Gasteiger partial charge < -0.3 is 30.2 Å². The van der Waals surface area contributed by atoms with Gasteiger partial charge in [-0.1, -0.05) is 30.3 Å². The topological polar surface area (TPSA) is 112 Å². The summed E-state index contributed by atoms with van der Waals surface area (Å²) in [5.41, 5.74) is 2.44. The van der Waals surface area contributed by atoms with E-state index >= 15 is 0 Å². The Bertz CT molecular complexity index is 1250. The van der Waals surface area contributed by atoms with Crippen LogP contribution >= 0.6 is 0 Å². The summed E-state index contributed by atoms with van der Waals surface area (Å²) >= 11 is 0. The van der Waals surface area contributed by atoms with Crippen LogP contribution in [0.5, 0.6) is 0 Å². The van der Waals surface area contributed by atoms with Crippen molar-refractivity contribution in [3.8, 4) is 6.07 Å². The molecule has 2 fully saturated rings. The normalized spacial score (nSPS) is 18.3. The van der Waals surface area contributed by atoms with E-state index < -0.39 is 12.1 Å². The van der Waals surface area contributed by atoms with Gasteiger partial charge in [0.1, 0.15) is 11.7 Å². The zero-order valence-electron chi connectivity index (χ0n) is 20.6. The Morgan fingerprint density at radius 3 is 2.38 bits per heavy atom. The number of fused-ring (bicyclic) bond motifs is 1. The van der Waals surface area contributed by atoms with Crippen LogP contribution in [0.4, 0.5) is 10.5 Å². The van der Waals surface area contributed by atoms with Crippen LogP contribution in [0.25, 0.3) is 0 Å². The van der Waals surface area contributed by atoms with Gasteiger partial charge in [-0.3, -0.25) is 9.59 Å². The molecular formula is C27H29N7O3. The van der Waals surface area contributed by atoms with Crippen LogP contribution < -0.4 is 10.6 Å². The molecule has 5 rings (SSSR count). The summed E-state index contributed by atoms with van der Waals surface area (Å²) in [7, 11) is 1.95. The number of carbonyl (C=O) groups excluding carboxylic acids is 3. The Labute approximate surface area is 215 Å². The van der Waals surface area contributed by atoms with E-state index in [-0.39, 0.29) is 17.9 Å². The van der Waals surface area contributed by atoms with Crippen molar-refractivity contribution in [2.45, 2.75) is 24.9 Å². The maximum Gasteiger partial charge on any atom is 0.320 e. The van der Waals surface area contributed by atoms with Crippen molar-refractivity contribution in [1.29, 1.82) is 5.26 Å². The molecule has 2 aromatic carbocycles. The van der Waals surface area contributed by atoms with E-state index in [0.29, 0.717) is 56.1 Å². The number of carbonyl (C=O) groups is 3. The third-order valence-electron chi connectivity index (χ3n) is 7.02. The van der Waals surface area contributed by atoms with E-state index in [1.165, 1.54) is 0 Å². The predicted octanol–water partition coefficient (Wildman–Crippen LogP) is 2.26. The second kappa shape index (κ2) is 10.2. The number of urea groups is 1. The maximum atomic E-state index is 13.6. The van der Waals surface area contributed by atoms with Gasteiger partial charge >= 0.3 is 6.03 Å². The second-order valence-corrected chi connectivity index (χ2v) is 9.56. The number of likely N-dealkylation sites (tertiary alicyclic amines) is 1. The average Bonchev–Trinajstić information content (AvgIpc) is 3.44. The van der Waals surface area contributed by atoms with Crippen molar-refractivity contribution in [3.05, 3.63) is 77.6 Å². The van der Waals surface area contributed by atoms with Gasteiger partial charge in [0.25, 0.3) is 5.91 Å². The predicted molar refractivity (Wildman–Crippen MR) is 136 cm³/mol. The van der Waals surface area contributed by atoms with Gasteiger partial charge in [-0.2, -0.15) is 5.26 Å². The minimum Gasteiger partial charge on any atom is -0.361 e. The van der Waals surface area contributed by atoms with Crippen LogP contribution in [-0.2, 0) is 9.59 Å². The van der Waals surface area contributed by atoms with Gasteiger partial charge in [-0.05, 0) is 42.7 Å². The first-order valence-electron chi connectivity index (χ1n) is 12.3. The smallest absolute Gasteiger partial charge is 0.320 e. The van der Waals surface area contributed by atoms with Crippen LogP contribution in [0.1, 0.15) is 30.0 Å². The highest BCUT2D eigenvalue weighted by Gasteiger charge is 2.41. The zero-order valence-corrected chi connectivity index (χ0v) is 20.6. The number of hydrogen-bond donors (Lipinski definition) is 2. The lowest BCUT2D eigenvalue weighted by Gasteiger charge is -2.38. The first kappa shape index (κ1) is 24.2. The molecule has 2 saturated heterocycles. The van der Waals surface area contributed by atoms with E-state index in [0.717, 1.165) is 5.70 Å². The van der Waals surface area contributed by atoms with Crippen molar-refractivity contribution in [3.63, 3.8) is 0 Å². The van der Waals surface area contributed by atoms with Crippen molar-refractivity contribution >= 4 is 23.5 Å². The molecule has 4 amide bonds. The number of hydrogen-bond acceptors (Lipinski definition) is 6. The molecule has 10 heteroatoms. The Hall–Kier alpha value is -4.52. The summed E-state index contributed by atoms with van der Waals surface area (Å²) < 4.78 is 0. The van der Waals surface area contributed by atoms with E-state index in [2.05, 4.69) is 15.5 Å². The molecule has 190 valence electrons. The van der Waals surface area contributed by atoms with Gasteiger partial charge in [-0.25, -0.2) is 4.79 Å². The van der Waals surface area contributed by atoms with Crippen LogP contribution in [-0.4, -0.2) is 77.0 Å². The van der Waals surface area contributed by atoms with Crippen molar-refractivity contribution in [2.75, 3.05) is 38.8 Å². The lowest BCUT2D eigenvalue weighted by Crippen LogP contribution is -2.51. The molecule has 0 spiro atoms. The molecule has 0 radical (unpaired) electrons. The van der Waals surface area contributed by atoms with E-state index in [1.54, 1.807) is 29.2 Å². The first-order chi connectivity index (χ1) is 17.9. The van der Waals surface area contributed by atoms with Gasteiger partial charge in [0.15, 0.2) is 0 Å². The van der Waals surface area contributed by atoms with Crippen LogP contribution in [0.2, 0.25) is 0 Å². The van der Waals surface area contributed by atoms with Gasteiger partial charge in [0.05, 0.1) is 25.0 Å².